The Bertz CT molecular complexity index is 391. The van der Waals surface area contributed by atoms with Crippen LogP contribution in [0.1, 0.15) is 19.3 Å². The fourth-order valence-electron chi connectivity index (χ4n) is 1.58. The normalized spacial score (nSPS) is 14.4. The molecule has 0 aromatic heterocycles. The van der Waals surface area contributed by atoms with Gasteiger partial charge in [0.1, 0.15) is 0 Å². The van der Waals surface area contributed by atoms with Crippen LogP contribution in [0.5, 0.6) is 0 Å². The van der Waals surface area contributed by atoms with E-state index < -0.39 is 0 Å². The molecule has 0 spiro atoms. The van der Waals surface area contributed by atoms with Crippen molar-refractivity contribution < 1.29 is 4.79 Å². The molecule has 1 aromatic carbocycles. The first kappa shape index (κ1) is 12.3. The average molecular weight is 250 g/mol. The van der Waals surface area contributed by atoms with Gasteiger partial charge in [-0.1, -0.05) is 6.07 Å². The van der Waals surface area contributed by atoms with Crippen molar-refractivity contribution in [3.8, 4) is 0 Å². The molecule has 0 saturated heterocycles. The molecule has 0 unspecified atom stereocenters. The first-order valence-corrected chi connectivity index (χ1v) is 7.17. The molecule has 1 aromatic rings. The average Bonchev–Trinajstić information content (AvgIpc) is 3.13. The number of benzene rings is 1. The van der Waals surface area contributed by atoms with E-state index in [0.29, 0.717) is 19.0 Å². The Balaban J connectivity index is 1.71. The van der Waals surface area contributed by atoms with Crippen LogP contribution in [0.25, 0.3) is 0 Å². The van der Waals surface area contributed by atoms with Crippen molar-refractivity contribution in [3.63, 3.8) is 0 Å². The summed E-state index contributed by atoms with van der Waals surface area (Å²) in [5, 5.41) is 6.25. The van der Waals surface area contributed by atoms with Crippen LogP contribution in [0.2, 0.25) is 0 Å². The van der Waals surface area contributed by atoms with Crippen molar-refractivity contribution in [2.75, 3.05) is 18.1 Å². The molecule has 2 rings (SSSR count). The Labute approximate surface area is 106 Å². The third-order valence-electron chi connectivity index (χ3n) is 2.69. The number of carbonyl (C=O) groups is 1. The molecule has 2 N–H and O–H groups in total. The highest BCUT2D eigenvalue weighted by Crippen LogP contribution is 2.19. The predicted molar refractivity (Wildman–Crippen MR) is 72.5 cm³/mol. The van der Waals surface area contributed by atoms with Gasteiger partial charge >= 0.3 is 0 Å². The number of carbonyl (C=O) groups excluding carboxylic acids is 1. The molecular weight excluding hydrogens is 232 g/mol. The van der Waals surface area contributed by atoms with E-state index >= 15 is 0 Å². The molecule has 1 saturated carbocycles. The van der Waals surface area contributed by atoms with Crippen molar-refractivity contribution in [1.29, 1.82) is 0 Å². The van der Waals surface area contributed by atoms with E-state index in [2.05, 4.69) is 29.0 Å². The Morgan fingerprint density at radius 2 is 2.29 bits per heavy atom. The second kappa shape index (κ2) is 5.96. The summed E-state index contributed by atoms with van der Waals surface area (Å²) >= 11 is 1.72. The van der Waals surface area contributed by atoms with Crippen molar-refractivity contribution in [2.45, 2.75) is 30.2 Å². The Morgan fingerprint density at radius 3 is 3.00 bits per heavy atom. The molecule has 1 fully saturated rings. The van der Waals surface area contributed by atoms with Crippen molar-refractivity contribution >= 4 is 23.4 Å². The molecule has 0 bridgehead atoms. The van der Waals surface area contributed by atoms with Crippen LogP contribution >= 0.6 is 11.8 Å². The van der Waals surface area contributed by atoms with E-state index in [1.54, 1.807) is 11.8 Å². The second-order valence-corrected chi connectivity index (χ2v) is 5.13. The third-order valence-corrected chi connectivity index (χ3v) is 3.42. The molecule has 0 atom stereocenters. The van der Waals surface area contributed by atoms with Gasteiger partial charge in [-0.15, -0.1) is 11.8 Å². The molecular formula is C13H18N2OS. The zero-order chi connectivity index (χ0) is 12.1. The van der Waals surface area contributed by atoms with Gasteiger partial charge in [-0.2, -0.15) is 0 Å². The van der Waals surface area contributed by atoms with Gasteiger partial charge in [-0.3, -0.25) is 4.79 Å². The lowest BCUT2D eigenvalue weighted by atomic mass is 10.3. The number of hydrogen-bond donors (Lipinski definition) is 2. The summed E-state index contributed by atoms with van der Waals surface area (Å²) in [5.74, 6) is 0.154. The summed E-state index contributed by atoms with van der Waals surface area (Å²) < 4.78 is 0. The van der Waals surface area contributed by atoms with Crippen LogP contribution in [-0.2, 0) is 4.79 Å². The maximum Gasteiger partial charge on any atom is 0.221 e. The molecule has 0 heterocycles. The molecule has 1 amide bonds. The third kappa shape index (κ3) is 4.30. The lowest BCUT2D eigenvalue weighted by Crippen LogP contribution is -2.27. The van der Waals surface area contributed by atoms with E-state index in [4.69, 9.17) is 0 Å². The van der Waals surface area contributed by atoms with Gasteiger partial charge in [0.25, 0.3) is 0 Å². The monoisotopic (exact) mass is 250 g/mol. The molecule has 4 heteroatoms. The number of hydrogen-bond acceptors (Lipinski definition) is 3. The summed E-state index contributed by atoms with van der Waals surface area (Å²) in [4.78, 5) is 12.7. The predicted octanol–water partition coefficient (Wildman–Crippen LogP) is 2.49. The molecule has 1 aliphatic rings. The molecule has 0 radical (unpaired) electrons. The maximum absolute atomic E-state index is 11.5. The smallest absolute Gasteiger partial charge is 0.221 e. The fraction of sp³-hybridized carbons (Fsp3) is 0.462. The first-order valence-electron chi connectivity index (χ1n) is 5.95. The van der Waals surface area contributed by atoms with Crippen LogP contribution in [0.15, 0.2) is 29.2 Å². The molecule has 92 valence electrons. The van der Waals surface area contributed by atoms with Crippen molar-refractivity contribution in [3.05, 3.63) is 24.3 Å². The highest BCUT2D eigenvalue weighted by Gasteiger charge is 2.22. The maximum atomic E-state index is 11.5. The molecule has 1 aliphatic carbocycles. The highest BCUT2D eigenvalue weighted by atomic mass is 32.2. The minimum Gasteiger partial charge on any atom is -0.384 e. The minimum atomic E-state index is 0.154. The van der Waals surface area contributed by atoms with Crippen molar-refractivity contribution in [2.24, 2.45) is 0 Å². The summed E-state index contributed by atoms with van der Waals surface area (Å²) in [6.07, 6.45) is 4.89. The fourth-order valence-corrected chi connectivity index (χ4v) is 2.04. The summed E-state index contributed by atoms with van der Waals surface area (Å²) in [5.41, 5.74) is 1.08. The van der Waals surface area contributed by atoms with E-state index in [1.807, 2.05) is 12.1 Å². The van der Waals surface area contributed by atoms with Gasteiger partial charge in [0.05, 0.1) is 0 Å². The van der Waals surface area contributed by atoms with Gasteiger partial charge in [-0.25, -0.2) is 0 Å². The van der Waals surface area contributed by atoms with Crippen molar-refractivity contribution in [1.82, 2.24) is 5.32 Å². The molecule has 3 nitrogen and oxygen atoms in total. The number of nitrogens with one attached hydrogen (secondary N) is 2. The van der Waals surface area contributed by atoms with Gasteiger partial charge in [0.15, 0.2) is 0 Å². The van der Waals surface area contributed by atoms with Gasteiger partial charge in [0.2, 0.25) is 5.91 Å². The number of rotatable bonds is 6. The Morgan fingerprint density at radius 1 is 1.47 bits per heavy atom. The second-order valence-electron chi connectivity index (χ2n) is 4.25. The molecule has 17 heavy (non-hydrogen) atoms. The number of thioether (sulfide) groups is 1. The Hall–Kier alpha value is -1.16. The van der Waals surface area contributed by atoms with Crippen LogP contribution < -0.4 is 10.6 Å². The number of anilines is 1. The van der Waals surface area contributed by atoms with E-state index in [0.717, 1.165) is 18.5 Å². The zero-order valence-electron chi connectivity index (χ0n) is 10.0. The van der Waals surface area contributed by atoms with Gasteiger partial charge in [0, 0.05) is 29.6 Å². The SMILES string of the molecule is CSc1cccc(NCCC(=O)NC2CC2)c1. The van der Waals surface area contributed by atoms with Crippen LogP contribution in [0, 0.1) is 0 Å². The van der Waals surface area contributed by atoms with E-state index in [9.17, 15) is 4.79 Å². The van der Waals surface area contributed by atoms with Crippen LogP contribution in [0.4, 0.5) is 5.69 Å². The zero-order valence-corrected chi connectivity index (χ0v) is 10.8. The van der Waals surface area contributed by atoms with Gasteiger partial charge in [-0.05, 0) is 37.3 Å². The quantitative estimate of drug-likeness (QED) is 0.762. The van der Waals surface area contributed by atoms with Crippen LogP contribution in [-0.4, -0.2) is 24.7 Å². The largest absolute Gasteiger partial charge is 0.384 e. The lowest BCUT2D eigenvalue weighted by Gasteiger charge is -2.07. The van der Waals surface area contributed by atoms with Gasteiger partial charge < -0.3 is 10.6 Å². The number of amides is 1. The summed E-state index contributed by atoms with van der Waals surface area (Å²) in [7, 11) is 0. The topological polar surface area (TPSA) is 41.1 Å². The summed E-state index contributed by atoms with van der Waals surface area (Å²) in [6, 6.07) is 8.69. The van der Waals surface area contributed by atoms with E-state index in [-0.39, 0.29) is 5.91 Å². The minimum absolute atomic E-state index is 0.154. The molecule has 0 aliphatic heterocycles. The van der Waals surface area contributed by atoms with Crippen LogP contribution in [0.3, 0.4) is 0 Å². The Kier molecular flexibility index (Phi) is 4.31. The highest BCUT2D eigenvalue weighted by molar-refractivity contribution is 7.98. The lowest BCUT2D eigenvalue weighted by molar-refractivity contribution is -0.120. The first-order chi connectivity index (χ1) is 8.28. The summed E-state index contributed by atoms with van der Waals surface area (Å²) in [6.45, 7) is 0.691. The van der Waals surface area contributed by atoms with E-state index in [1.165, 1.54) is 4.90 Å². The standard InChI is InChI=1S/C13H18N2OS/c1-17-12-4-2-3-11(9-12)14-8-7-13(16)15-10-5-6-10/h2-4,9-10,14H,5-8H2,1H3,(H,15,16).